The highest BCUT2D eigenvalue weighted by molar-refractivity contribution is 5.86. The largest absolute Gasteiger partial charge is 0.340 e. The molecule has 1 amide bonds. The number of benzene rings is 1. The van der Waals surface area contributed by atoms with Gasteiger partial charge in [0.2, 0.25) is 5.91 Å². The summed E-state index contributed by atoms with van der Waals surface area (Å²) >= 11 is 0. The van der Waals surface area contributed by atoms with E-state index in [1.54, 1.807) is 0 Å². The van der Waals surface area contributed by atoms with Crippen LogP contribution in [0, 0.1) is 0 Å². The number of carbonyl (C=O) groups is 1. The molecule has 0 spiro atoms. The summed E-state index contributed by atoms with van der Waals surface area (Å²) in [6, 6.07) is 8.47. The average Bonchev–Trinajstić information content (AvgIpc) is 2.68. The lowest BCUT2D eigenvalue weighted by atomic mass is 9.92. The molecule has 0 unspecified atom stereocenters. The third-order valence-electron chi connectivity index (χ3n) is 4.40. The van der Waals surface area contributed by atoms with Crippen LogP contribution in [0.4, 0.5) is 0 Å². The first kappa shape index (κ1) is 14.1. The lowest BCUT2D eigenvalue weighted by Gasteiger charge is -2.32. The summed E-state index contributed by atoms with van der Waals surface area (Å²) in [5.74, 6) is 0.116. The second-order valence-electron chi connectivity index (χ2n) is 5.42. The minimum atomic E-state index is -0.684. The molecule has 3 nitrogen and oxygen atoms in total. The first-order valence-electron chi connectivity index (χ1n) is 7.25. The van der Waals surface area contributed by atoms with Crippen LogP contribution < -0.4 is 5.73 Å². The van der Waals surface area contributed by atoms with Gasteiger partial charge >= 0.3 is 0 Å². The molecular formula is C16H24N2O. The molecule has 1 aliphatic heterocycles. The maximum Gasteiger partial charge on any atom is 0.242 e. The number of rotatable bonds is 3. The summed E-state index contributed by atoms with van der Waals surface area (Å²) in [5, 5.41) is 0. The SMILES string of the molecule is CCC(N)(CC)C(=O)N1CCc2ccccc2CC1. The van der Waals surface area contributed by atoms with E-state index in [4.69, 9.17) is 5.73 Å². The lowest BCUT2D eigenvalue weighted by Crippen LogP contribution is -2.55. The minimum Gasteiger partial charge on any atom is -0.340 e. The normalized spacial score (nSPS) is 15.8. The van der Waals surface area contributed by atoms with Gasteiger partial charge in [0.15, 0.2) is 0 Å². The van der Waals surface area contributed by atoms with E-state index in [1.165, 1.54) is 11.1 Å². The standard InChI is InChI=1S/C16H24N2O/c1-3-16(17,4-2)15(19)18-11-9-13-7-5-6-8-14(13)10-12-18/h5-8H,3-4,9-12,17H2,1-2H3. The van der Waals surface area contributed by atoms with Crippen molar-refractivity contribution in [1.82, 2.24) is 4.90 Å². The second-order valence-corrected chi connectivity index (χ2v) is 5.42. The molecule has 1 heterocycles. The molecule has 0 fully saturated rings. The zero-order chi connectivity index (χ0) is 13.9. The van der Waals surface area contributed by atoms with Crippen LogP contribution in [-0.2, 0) is 17.6 Å². The van der Waals surface area contributed by atoms with Gasteiger partial charge in [-0.05, 0) is 36.8 Å². The summed E-state index contributed by atoms with van der Waals surface area (Å²) in [6.45, 7) is 5.56. The Morgan fingerprint density at radius 3 is 2.05 bits per heavy atom. The van der Waals surface area contributed by atoms with Crippen molar-refractivity contribution in [3.05, 3.63) is 35.4 Å². The van der Waals surface area contributed by atoms with Gasteiger partial charge in [-0.15, -0.1) is 0 Å². The van der Waals surface area contributed by atoms with Gasteiger partial charge in [-0.3, -0.25) is 4.79 Å². The molecule has 0 saturated heterocycles. The number of hydrogen-bond acceptors (Lipinski definition) is 2. The Balaban J connectivity index is 2.12. The van der Waals surface area contributed by atoms with E-state index in [9.17, 15) is 4.79 Å². The van der Waals surface area contributed by atoms with E-state index in [0.717, 1.165) is 25.9 Å². The number of hydrogen-bond donors (Lipinski definition) is 1. The quantitative estimate of drug-likeness (QED) is 0.905. The fourth-order valence-corrected chi connectivity index (χ4v) is 2.74. The van der Waals surface area contributed by atoms with E-state index in [0.29, 0.717) is 12.8 Å². The molecular weight excluding hydrogens is 236 g/mol. The van der Waals surface area contributed by atoms with E-state index < -0.39 is 5.54 Å². The van der Waals surface area contributed by atoms with Crippen molar-refractivity contribution >= 4 is 5.91 Å². The molecule has 1 aromatic rings. The van der Waals surface area contributed by atoms with Crippen molar-refractivity contribution in [2.45, 2.75) is 45.1 Å². The lowest BCUT2D eigenvalue weighted by molar-refractivity contribution is -0.137. The summed E-state index contributed by atoms with van der Waals surface area (Å²) in [7, 11) is 0. The van der Waals surface area contributed by atoms with Crippen LogP contribution in [0.25, 0.3) is 0 Å². The van der Waals surface area contributed by atoms with Crippen molar-refractivity contribution < 1.29 is 4.79 Å². The zero-order valence-electron chi connectivity index (χ0n) is 12.0. The molecule has 104 valence electrons. The molecule has 1 aromatic carbocycles. The van der Waals surface area contributed by atoms with Crippen molar-refractivity contribution in [2.24, 2.45) is 5.73 Å². The summed E-state index contributed by atoms with van der Waals surface area (Å²) in [6.07, 6.45) is 3.27. The third-order valence-corrected chi connectivity index (χ3v) is 4.40. The number of fused-ring (bicyclic) bond motifs is 1. The van der Waals surface area contributed by atoms with Gasteiger partial charge in [0, 0.05) is 13.1 Å². The van der Waals surface area contributed by atoms with Crippen LogP contribution in [0.5, 0.6) is 0 Å². The van der Waals surface area contributed by atoms with E-state index in [-0.39, 0.29) is 5.91 Å². The predicted octanol–water partition coefficient (Wildman–Crippen LogP) is 2.13. The third kappa shape index (κ3) is 2.81. The van der Waals surface area contributed by atoms with Crippen molar-refractivity contribution in [2.75, 3.05) is 13.1 Å². The Morgan fingerprint density at radius 2 is 1.63 bits per heavy atom. The summed E-state index contributed by atoms with van der Waals surface area (Å²) in [4.78, 5) is 14.5. The maximum atomic E-state index is 12.6. The van der Waals surface area contributed by atoms with Crippen LogP contribution in [0.1, 0.15) is 37.8 Å². The van der Waals surface area contributed by atoms with E-state index >= 15 is 0 Å². The first-order valence-corrected chi connectivity index (χ1v) is 7.25. The van der Waals surface area contributed by atoms with Crippen molar-refractivity contribution in [1.29, 1.82) is 0 Å². The predicted molar refractivity (Wildman–Crippen MR) is 77.9 cm³/mol. The van der Waals surface area contributed by atoms with Crippen LogP contribution >= 0.6 is 0 Å². The number of nitrogens with two attached hydrogens (primary N) is 1. The van der Waals surface area contributed by atoms with Gasteiger partial charge in [-0.25, -0.2) is 0 Å². The van der Waals surface area contributed by atoms with Gasteiger partial charge in [-0.2, -0.15) is 0 Å². The molecule has 19 heavy (non-hydrogen) atoms. The van der Waals surface area contributed by atoms with E-state index in [2.05, 4.69) is 24.3 Å². The smallest absolute Gasteiger partial charge is 0.242 e. The number of amides is 1. The molecule has 0 bridgehead atoms. The average molecular weight is 260 g/mol. The fraction of sp³-hybridized carbons (Fsp3) is 0.562. The molecule has 0 radical (unpaired) electrons. The van der Waals surface area contributed by atoms with Gasteiger partial charge in [-0.1, -0.05) is 38.1 Å². The fourth-order valence-electron chi connectivity index (χ4n) is 2.74. The topological polar surface area (TPSA) is 46.3 Å². The van der Waals surface area contributed by atoms with Crippen molar-refractivity contribution in [3.8, 4) is 0 Å². The molecule has 0 aliphatic carbocycles. The monoisotopic (exact) mass is 260 g/mol. The molecule has 2 rings (SSSR count). The van der Waals surface area contributed by atoms with Gasteiger partial charge in [0.05, 0.1) is 5.54 Å². The molecule has 0 saturated carbocycles. The van der Waals surface area contributed by atoms with Crippen LogP contribution in [0.3, 0.4) is 0 Å². The molecule has 1 aliphatic rings. The van der Waals surface area contributed by atoms with Crippen molar-refractivity contribution in [3.63, 3.8) is 0 Å². The Bertz CT molecular complexity index is 425. The summed E-state index contributed by atoms with van der Waals surface area (Å²) < 4.78 is 0. The molecule has 3 heteroatoms. The highest BCUT2D eigenvalue weighted by Gasteiger charge is 2.34. The zero-order valence-corrected chi connectivity index (χ0v) is 12.0. The maximum absolute atomic E-state index is 12.6. The Labute approximate surface area is 115 Å². The summed E-state index contributed by atoms with van der Waals surface area (Å²) in [5.41, 5.74) is 8.29. The molecule has 0 aromatic heterocycles. The highest BCUT2D eigenvalue weighted by atomic mass is 16.2. The second kappa shape index (κ2) is 5.74. The first-order chi connectivity index (χ1) is 9.10. The van der Waals surface area contributed by atoms with Gasteiger partial charge < -0.3 is 10.6 Å². The van der Waals surface area contributed by atoms with Crippen LogP contribution in [0.15, 0.2) is 24.3 Å². The Hall–Kier alpha value is -1.35. The Morgan fingerprint density at radius 1 is 1.16 bits per heavy atom. The highest BCUT2D eigenvalue weighted by Crippen LogP contribution is 2.20. The van der Waals surface area contributed by atoms with Crippen LogP contribution in [0.2, 0.25) is 0 Å². The Kier molecular flexibility index (Phi) is 4.25. The number of nitrogens with zero attached hydrogens (tertiary/aromatic N) is 1. The van der Waals surface area contributed by atoms with Gasteiger partial charge in [0.1, 0.15) is 0 Å². The minimum absolute atomic E-state index is 0.116. The van der Waals surface area contributed by atoms with Crippen LogP contribution in [-0.4, -0.2) is 29.4 Å². The molecule has 0 atom stereocenters. The molecule has 2 N–H and O–H groups in total. The van der Waals surface area contributed by atoms with E-state index in [1.807, 2.05) is 18.7 Å². The van der Waals surface area contributed by atoms with Gasteiger partial charge in [0.25, 0.3) is 0 Å². The number of carbonyl (C=O) groups excluding carboxylic acids is 1.